The van der Waals surface area contributed by atoms with Crippen molar-refractivity contribution in [1.82, 2.24) is 15.1 Å². The quantitative estimate of drug-likeness (QED) is 0.226. The molecule has 0 radical (unpaired) electrons. The Kier molecular flexibility index (Phi) is 8.87. The van der Waals surface area contributed by atoms with Crippen molar-refractivity contribution in [3.05, 3.63) is 113 Å². The van der Waals surface area contributed by atoms with E-state index in [2.05, 4.69) is 80.7 Å². The van der Waals surface area contributed by atoms with E-state index in [1.165, 1.54) is 42.5 Å². The van der Waals surface area contributed by atoms with Gasteiger partial charge in [0.25, 0.3) is 5.91 Å². The Labute approximate surface area is 344 Å². The number of ether oxygens (including phenoxy) is 2. The molecule has 6 aliphatic heterocycles. The summed E-state index contributed by atoms with van der Waals surface area (Å²) in [5.41, 5.74) is 8.00. The van der Waals surface area contributed by atoms with Crippen LogP contribution in [0.25, 0.3) is 0 Å². The molecule has 1 spiro atoms. The molecule has 1 aliphatic carbocycles. The first-order chi connectivity index (χ1) is 28.8. The van der Waals surface area contributed by atoms with Gasteiger partial charge in [0.2, 0.25) is 11.8 Å². The lowest BCUT2D eigenvalue weighted by atomic mass is 9.57. The Morgan fingerprint density at radius 1 is 0.797 bits per heavy atom. The highest BCUT2D eigenvalue weighted by Gasteiger charge is 2.47. The van der Waals surface area contributed by atoms with Crippen molar-refractivity contribution >= 4 is 29.1 Å². The number of piperazine rings is 1. The number of rotatable bonds is 6. The van der Waals surface area contributed by atoms with Crippen LogP contribution in [0.15, 0.2) is 84.9 Å². The highest BCUT2D eigenvalue weighted by molar-refractivity contribution is 6.06. The van der Waals surface area contributed by atoms with Crippen LogP contribution in [0.3, 0.4) is 0 Å². The van der Waals surface area contributed by atoms with E-state index in [9.17, 15) is 19.5 Å². The van der Waals surface area contributed by atoms with Crippen LogP contribution in [0.2, 0.25) is 0 Å². The zero-order valence-corrected chi connectivity index (χ0v) is 33.4. The number of carbonyl (C=O) groups is 3. The SMILES string of the molecule is O=C1CCC(N2Cc3cc4c(cc3C2=O)OC[C@@H]2CN(CC3CC5(CCN(c6ccc([C@H]7c8ccc(O)cc8OC[C@H]7c7ccccc7)cc6)CC5)C3)CCN42)C(=O)N1. The lowest BCUT2D eigenvalue weighted by molar-refractivity contribution is -0.136. The monoisotopic (exact) mass is 793 g/mol. The molecule has 4 atom stereocenters. The Balaban J connectivity index is 0.687. The van der Waals surface area contributed by atoms with Crippen LogP contribution in [-0.4, -0.2) is 97.2 Å². The molecule has 1 saturated carbocycles. The van der Waals surface area contributed by atoms with E-state index in [1.54, 1.807) is 17.0 Å². The number of aromatic hydroxyl groups is 1. The topological polar surface area (TPSA) is 115 Å². The summed E-state index contributed by atoms with van der Waals surface area (Å²) < 4.78 is 12.5. The number of nitrogens with one attached hydrogen (secondary N) is 1. The van der Waals surface area contributed by atoms with Crippen LogP contribution in [0.1, 0.15) is 83.0 Å². The second-order valence-corrected chi connectivity index (χ2v) is 18.2. The fourth-order valence-electron chi connectivity index (χ4n) is 11.7. The van der Waals surface area contributed by atoms with Crippen LogP contribution in [0, 0.1) is 11.3 Å². The third-order valence-electron chi connectivity index (χ3n) is 14.7. The summed E-state index contributed by atoms with van der Waals surface area (Å²) in [4.78, 5) is 47.0. The number of phenolic OH excluding ortho intramolecular Hbond substituents is 1. The number of imide groups is 1. The summed E-state index contributed by atoms with van der Waals surface area (Å²) in [5, 5.41) is 12.6. The van der Waals surface area contributed by atoms with E-state index in [-0.39, 0.29) is 47.8 Å². The smallest absolute Gasteiger partial charge is 0.255 e. The normalized spacial score (nSPS) is 26.2. The van der Waals surface area contributed by atoms with Gasteiger partial charge in [-0.2, -0.15) is 0 Å². The van der Waals surface area contributed by atoms with Crippen LogP contribution in [0.4, 0.5) is 11.4 Å². The Morgan fingerprint density at radius 3 is 2.39 bits per heavy atom. The number of fused-ring (bicyclic) bond motifs is 5. The first-order valence-electron chi connectivity index (χ1n) is 21.6. The maximum atomic E-state index is 13.4. The van der Waals surface area contributed by atoms with E-state index in [0.717, 1.165) is 73.5 Å². The molecule has 3 saturated heterocycles. The van der Waals surface area contributed by atoms with Gasteiger partial charge in [-0.05, 0) is 90.5 Å². The third-order valence-corrected chi connectivity index (χ3v) is 14.7. The largest absolute Gasteiger partial charge is 0.508 e. The van der Waals surface area contributed by atoms with Gasteiger partial charge in [0, 0.05) is 87.0 Å². The van der Waals surface area contributed by atoms with Crippen molar-refractivity contribution < 1.29 is 29.0 Å². The van der Waals surface area contributed by atoms with Crippen LogP contribution < -0.4 is 24.6 Å². The zero-order chi connectivity index (χ0) is 39.8. The number of phenols is 1. The maximum absolute atomic E-state index is 13.4. The molecule has 4 aromatic rings. The number of benzene rings is 4. The Hall–Kier alpha value is -5.55. The van der Waals surface area contributed by atoms with Gasteiger partial charge in [0.1, 0.15) is 29.9 Å². The molecule has 0 aromatic heterocycles. The fourth-order valence-corrected chi connectivity index (χ4v) is 11.7. The molecule has 11 nitrogen and oxygen atoms in total. The Bertz CT molecular complexity index is 2300. The minimum absolute atomic E-state index is 0.143. The fraction of sp³-hybridized carbons (Fsp3) is 0.438. The minimum atomic E-state index is -0.618. The number of amides is 3. The number of hydrogen-bond donors (Lipinski definition) is 2. The van der Waals surface area contributed by atoms with Crippen LogP contribution in [-0.2, 0) is 16.1 Å². The highest BCUT2D eigenvalue weighted by atomic mass is 16.5. The molecular formula is C48H51N5O6. The van der Waals surface area contributed by atoms with Crippen LogP contribution >= 0.6 is 0 Å². The van der Waals surface area contributed by atoms with Gasteiger partial charge in [-0.15, -0.1) is 0 Å². The second kappa shape index (κ2) is 14.3. The molecule has 2 N–H and O–H groups in total. The molecule has 4 fully saturated rings. The van der Waals surface area contributed by atoms with Gasteiger partial charge in [-0.1, -0.05) is 48.5 Å². The van der Waals surface area contributed by atoms with E-state index >= 15 is 0 Å². The summed E-state index contributed by atoms with van der Waals surface area (Å²) in [6, 6.07) is 29.0. The molecule has 4 aromatic carbocycles. The summed E-state index contributed by atoms with van der Waals surface area (Å²) in [6.07, 6.45) is 5.72. The molecule has 11 heteroatoms. The van der Waals surface area contributed by atoms with Crippen molar-refractivity contribution in [2.24, 2.45) is 11.3 Å². The molecule has 59 heavy (non-hydrogen) atoms. The van der Waals surface area contributed by atoms with E-state index < -0.39 is 6.04 Å². The lowest BCUT2D eigenvalue weighted by Crippen LogP contribution is -2.59. The zero-order valence-electron chi connectivity index (χ0n) is 33.4. The average molecular weight is 794 g/mol. The second-order valence-electron chi connectivity index (χ2n) is 18.2. The first kappa shape index (κ1) is 36.5. The summed E-state index contributed by atoms with van der Waals surface area (Å²) >= 11 is 0. The van der Waals surface area contributed by atoms with Gasteiger partial charge in [0.15, 0.2) is 0 Å². The maximum Gasteiger partial charge on any atom is 0.255 e. The third kappa shape index (κ3) is 6.49. The summed E-state index contributed by atoms with van der Waals surface area (Å²) in [7, 11) is 0. The van der Waals surface area contributed by atoms with Crippen LogP contribution in [0.5, 0.6) is 17.2 Å². The van der Waals surface area contributed by atoms with E-state index in [0.29, 0.717) is 37.2 Å². The molecule has 6 heterocycles. The molecule has 7 aliphatic rings. The van der Waals surface area contributed by atoms with Crippen molar-refractivity contribution in [3.8, 4) is 17.2 Å². The molecule has 1 unspecified atom stereocenters. The molecular weight excluding hydrogens is 743 g/mol. The number of carbonyl (C=O) groups excluding carboxylic acids is 3. The number of nitrogens with zero attached hydrogens (tertiary/aromatic N) is 4. The van der Waals surface area contributed by atoms with Gasteiger partial charge >= 0.3 is 0 Å². The van der Waals surface area contributed by atoms with Gasteiger partial charge < -0.3 is 29.3 Å². The average Bonchev–Trinajstić information content (AvgIpc) is 3.56. The molecule has 304 valence electrons. The minimum Gasteiger partial charge on any atom is -0.508 e. The van der Waals surface area contributed by atoms with Gasteiger partial charge in [-0.3, -0.25) is 24.6 Å². The van der Waals surface area contributed by atoms with E-state index in [1.807, 2.05) is 12.1 Å². The van der Waals surface area contributed by atoms with Crippen molar-refractivity contribution in [2.75, 3.05) is 62.3 Å². The predicted molar refractivity (Wildman–Crippen MR) is 223 cm³/mol. The molecule has 11 rings (SSSR count). The predicted octanol–water partition coefficient (Wildman–Crippen LogP) is 6.04. The first-order valence-corrected chi connectivity index (χ1v) is 21.6. The van der Waals surface area contributed by atoms with Gasteiger partial charge in [-0.25, -0.2) is 0 Å². The summed E-state index contributed by atoms with van der Waals surface area (Å²) in [5.74, 6) is 1.99. The van der Waals surface area contributed by atoms with Crippen molar-refractivity contribution in [3.63, 3.8) is 0 Å². The standard InChI is InChI=1S/C48H51N5O6/c54-36-10-11-37-42(21-36)59-29-39(31-4-2-1-3-5-31)45(37)32-6-8-34(9-7-32)51-16-14-48(15-17-51)23-30(24-48)25-50-18-19-52-35(27-50)28-58-43-22-38-33(20-41(43)52)26-53(47(38)57)40-12-13-44(55)49-46(40)56/h1-11,20-22,30,35,39-40,45,54H,12-19,23-29H2,(H,49,55,56)/t35-,39-,40?,45-/m0/s1. The van der Waals surface area contributed by atoms with Crippen molar-refractivity contribution in [2.45, 2.75) is 69.0 Å². The number of hydrogen-bond acceptors (Lipinski definition) is 9. The van der Waals surface area contributed by atoms with E-state index in [4.69, 9.17) is 9.47 Å². The highest BCUT2D eigenvalue weighted by Crippen LogP contribution is 2.54. The molecule has 3 amide bonds. The lowest BCUT2D eigenvalue weighted by Gasteiger charge is -2.54. The van der Waals surface area contributed by atoms with Crippen molar-refractivity contribution in [1.29, 1.82) is 0 Å². The number of piperidine rings is 2. The molecule has 0 bridgehead atoms. The summed E-state index contributed by atoms with van der Waals surface area (Å²) in [6.45, 7) is 7.78. The Morgan fingerprint density at radius 2 is 1.59 bits per heavy atom. The van der Waals surface area contributed by atoms with Gasteiger partial charge in [0.05, 0.1) is 18.3 Å². The number of anilines is 2.